The van der Waals surface area contributed by atoms with Gasteiger partial charge in [-0.2, -0.15) is 0 Å². The third kappa shape index (κ3) is 2.42. The predicted octanol–water partition coefficient (Wildman–Crippen LogP) is 4.86. The second-order valence-electron chi connectivity index (χ2n) is 5.54. The summed E-state index contributed by atoms with van der Waals surface area (Å²) in [5.41, 5.74) is 7.33. The molecule has 0 unspecified atom stereocenters. The third-order valence-electron chi connectivity index (χ3n) is 4.22. The SMILES string of the molecule is Cc1cc(C)c2c(c1C)C[C@H](Br)[C@@](C)(Cl)CC2. The lowest BCUT2D eigenvalue weighted by Gasteiger charge is -2.25. The summed E-state index contributed by atoms with van der Waals surface area (Å²) in [5.74, 6) is 0. The lowest BCUT2D eigenvalue weighted by atomic mass is 9.91. The Morgan fingerprint density at radius 2 is 1.88 bits per heavy atom. The van der Waals surface area contributed by atoms with Gasteiger partial charge in [0.25, 0.3) is 0 Å². The van der Waals surface area contributed by atoms with Gasteiger partial charge in [-0.15, -0.1) is 11.6 Å². The van der Waals surface area contributed by atoms with Gasteiger partial charge in [0.05, 0.1) is 4.87 Å². The van der Waals surface area contributed by atoms with E-state index < -0.39 is 0 Å². The van der Waals surface area contributed by atoms with Crippen molar-refractivity contribution in [1.82, 2.24) is 0 Å². The van der Waals surface area contributed by atoms with Crippen LogP contribution < -0.4 is 0 Å². The molecule has 2 atom stereocenters. The van der Waals surface area contributed by atoms with Crippen LogP contribution >= 0.6 is 27.5 Å². The summed E-state index contributed by atoms with van der Waals surface area (Å²) in [4.78, 5) is 0.226. The second-order valence-corrected chi connectivity index (χ2v) is 7.51. The van der Waals surface area contributed by atoms with Crippen molar-refractivity contribution in [3.05, 3.63) is 33.9 Å². The van der Waals surface area contributed by atoms with E-state index in [0.29, 0.717) is 4.83 Å². The minimum atomic E-state index is -0.133. The van der Waals surface area contributed by atoms with E-state index in [4.69, 9.17) is 11.6 Å². The van der Waals surface area contributed by atoms with Crippen LogP contribution in [0, 0.1) is 20.8 Å². The van der Waals surface area contributed by atoms with Crippen molar-refractivity contribution in [2.24, 2.45) is 0 Å². The molecule has 0 aromatic heterocycles. The van der Waals surface area contributed by atoms with Crippen molar-refractivity contribution in [3.63, 3.8) is 0 Å². The molecule has 0 spiro atoms. The molecule has 1 aromatic carbocycles. The first-order chi connectivity index (χ1) is 7.83. The molecule has 0 amide bonds. The van der Waals surface area contributed by atoms with E-state index in [1.165, 1.54) is 27.8 Å². The maximum Gasteiger partial charge on any atom is 0.0549 e. The highest BCUT2D eigenvalue weighted by molar-refractivity contribution is 9.09. The molecule has 0 heterocycles. The Kier molecular flexibility index (Phi) is 3.62. The van der Waals surface area contributed by atoms with E-state index in [0.717, 1.165) is 19.3 Å². The van der Waals surface area contributed by atoms with Crippen LogP contribution in [0.3, 0.4) is 0 Å². The molecule has 0 N–H and O–H groups in total. The van der Waals surface area contributed by atoms with E-state index in [9.17, 15) is 0 Å². The Morgan fingerprint density at radius 1 is 1.24 bits per heavy atom. The van der Waals surface area contributed by atoms with Gasteiger partial charge in [-0.25, -0.2) is 0 Å². The maximum atomic E-state index is 6.61. The largest absolute Gasteiger partial charge is 0.118 e. The summed E-state index contributed by atoms with van der Waals surface area (Å²) < 4.78 is 0. The number of fused-ring (bicyclic) bond motifs is 1. The summed E-state index contributed by atoms with van der Waals surface area (Å²) in [6.07, 6.45) is 3.19. The van der Waals surface area contributed by atoms with Gasteiger partial charge in [0.15, 0.2) is 0 Å². The fourth-order valence-corrected chi connectivity index (χ4v) is 3.49. The highest BCUT2D eigenvalue weighted by atomic mass is 79.9. The van der Waals surface area contributed by atoms with Crippen molar-refractivity contribution >= 4 is 27.5 Å². The molecule has 94 valence electrons. The average Bonchev–Trinajstić information content (AvgIpc) is 2.35. The number of hydrogen-bond donors (Lipinski definition) is 0. The second kappa shape index (κ2) is 4.59. The average molecular weight is 316 g/mol. The van der Waals surface area contributed by atoms with Gasteiger partial charge in [-0.1, -0.05) is 22.0 Å². The summed E-state index contributed by atoms with van der Waals surface area (Å²) >= 11 is 10.4. The molecule has 0 saturated carbocycles. The van der Waals surface area contributed by atoms with Crippen LogP contribution in [0.4, 0.5) is 0 Å². The monoisotopic (exact) mass is 314 g/mol. The van der Waals surface area contributed by atoms with Crippen LogP contribution in [0.25, 0.3) is 0 Å². The third-order valence-corrected chi connectivity index (χ3v) is 6.27. The zero-order valence-corrected chi connectivity index (χ0v) is 13.4. The highest BCUT2D eigenvalue weighted by Crippen LogP contribution is 2.39. The van der Waals surface area contributed by atoms with Gasteiger partial charge < -0.3 is 0 Å². The van der Waals surface area contributed by atoms with Crippen LogP contribution in [-0.4, -0.2) is 9.70 Å². The zero-order valence-electron chi connectivity index (χ0n) is 11.0. The summed E-state index contributed by atoms with van der Waals surface area (Å²) in [6.45, 7) is 8.82. The molecule has 0 bridgehead atoms. The molecule has 2 rings (SSSR count). The van der Waals surface area contributed by atoms with Gasteiger partial charge in [0.1, 0.15) is 0 Å². The first-order valence-corrected chi connectivity index (χ1v) is 7.54. The quantitative estimate of drug-likeness (QED) is 0.474. The lowest BCUT2D eigenvalue weighted by Crippen LogP contribution is -2.29. The van der Waals surface area contributed by atoms with Gasteiger partial charge in [-0.3, -0.25) is 0 Å². The molecule has 0 fully saturated rings. The Labute approximate surface area is 118 Å². The fraction of sp³-hybridized carbons (Fsp3) is 0.600. The number of alkyl halides is 2. The summed E-state index contributed by atoms with van der Waals surface area (Å²) in [6, 6.07) is 2.31. The van der Waals surface area contributed by atoms with Crippen LogP contribution in [0.1, 0.15) is 41.2 Å². The smallest absolute Gasteiger partial charge is 0.0549 e. The van der Waals surface area contributed by atoms with E-state index in [1.54, 1.807) is 0 Å². The molecular formula is C15H20BrCl. The Morgan fingerprint density at radius 3 is 2.53 bits per heavy atom. The number of rotatable bonds is 0. The zero-order chi connectivity index (χ0) is 12.8. The topological polar surface area (TPSA) is 0 Å². The normalized spacial score (nSPS) is 28.7. The van der Waals surface area contributed by atoms with E-state index in [2.05, 4.69) is 49.7 Å². The van der Waals surface area contributed by atoms with Gasteiger partial charge in [0.2, 0.25) is 0 Å². The molecule has 0 aliphatic heterocycles. The first-order valence-electron chi connectivity index (χ1n) is 6.24. The van der Waals surface area contributed by atoms with Crippen molar-refractivity contribution < 1.29 is 0 Å². The predicted molar refractivity (Wildman–Crippen MR) is 79.7 cm³/mol. The lowest BCUT2D eigenvalue weighted by molar-refractivity contribution is 0.570. The minimum Gasteiger partial charge on any atom is -0.118 e. The van der Waals surface area contributed by atoms with Crippen LogP contribution in [0.2, 0.25) is 0 Å². The molecule has 0 nitrogen and oxygen atoms in total. The molecule has 17 heavy (non-hydrogen) atoms. The molecule has 0 radical (unpaired) electrons. The van der Waals surface area contributed by atoms with Gasteiger partial charge >= 0.3 is 0 Å². The van der Waals surface area contributed by atoms with Gasteiger partial charge in [0, 0.05) is 4.83 Å². The van der Waals surface area contributed by atoms with Crippen LogP contribution in [0.15, 0.2) is 6.07 Å². The van der Waals surface area contributed by atoms with E-state index >= 15 is 0 Å². The van der Waals surface area contributed by atoms with Gasteiger partial charge in [-0.05, 0) is 74.8 Å². The molecule has 0 saturated heterocycles. The summed E-state index contributed by atoms with van der Waals surface area (Å²) in [7, 11) is 0. The molecule has 1 aromatic rings. The van der Waals surface area contributed by atoms with Crippen molar-refractivity contribution in [2.75, 3.05) is 0 Å². The highest BCUT2D eigenvalue weighted by Gasteiger charge is 2.34. The fourth-order valence-electron chi connectivity index (χ4n) is 2.76. The first kappa shape index (κ1) is 13.4. The maximum absolute atomic E-state index is 6.61. The summed E-state index contributed by atoms with van der Waals surface area (Å²) in [5, 5.41) is 0. The number of benzene rings is 1. The van der Waals surface area contributed by atoms with E-state index in [-0.39, 0.29) is 4.87 Å². The molecular weight excluding hydrogens is 296 g/mol. The minimum absolute atomic E-state index is 0.133. The molecule has 1 aliphatic carbocycles. The van der Waals surface area contributed by atoms with E-state index in [1.807, 2.05) is 0 Å². The van der Waals surface area contributed by atoms with Crippen molar-refractivity contribution in [1.29, 1.82) is 0 Å². The number of hydrogen-bond acceptors (Lipinski definition) is 0. The molecule has 2 heteroatoms. The Balaban J connectivity index is 2.54. The van der Waals surface area contributed by atoms with Crippen LogP contribution in [-0.2, 0) is 12.8 Å². The van der Waals surface area contributed by atoms with Crippen molar-refractivity contribution in [3.8, 4) is 0 Å². The Bertz CT molecular complexity index is 449. The Hall–Kier alpha value is -0.0100. The standard InChI is InChI=1S/C15H20BrCl/c1-9-7-10(2)12-5-6-15(4,17)14(16)8-13(12)11(9)3/h7,14H,5-6,8H2,1-4H3/t14-,15-/m0/s1. The van der Waals surface area contributed by atoms with Crippen LogP contribution in [0.5, 0.6) is 0 Å². The van der Waals surface area contributed by atoms with Crippen molar-refractivity contribution in [2.45, 2.75) is 56.7 Å². The molecule has 1 aliphatic rings. The number of aryl methyl sites for hydroxylation is 2. The number of halogens is 2.